The number of nitrogens with two attached hydrogens (primary N) is 1. The Morgan fingerprint density at radius 2 is 1.70 bits per heavy atom. The molecule has 5 heteroatoms. The predicted molar refractivity (Wildman–Crippen MR) is 92.3 cm³/mol. The lowest BCUT2D eigenvalue weighted by Gasteiger charge is -2.20. The third-order valence-corrected chi connectivity index (χ3v) is 4.67. The second-order valence-corrected chi connectivity index (χ2v) is 7.42. The zero-order valence-corrected chi connectivity index (χ0v) is 13.9. The number of thioether (sulfide) groups is 1. The fourth-order valence-corrected chi connectivity index (χ4v) is 3.20. The summed E-state index contributed by atoms with van der Waals surface area (Å²) in [5, 5.41) is 9.32. The molecule has 2 aromatic rings. The Balaban J connectivity index is 2.33. The van der Waals surface area contributed by atoms with Crippen molar-refractivity contribution in [2.45, 2.75) is 29.9 Å². The summed E-state index contributed by atoms with van der Waals surface area (Å²) in [4.78, 5) is 23.2. The first-order chi connectivity index (χ1) is 10.8. The molecule has 0 aromatic heterocycles. The van der Waals surface area contributed by atoms with Crippen LogP contribution in [0, 0.1) is 0 Å². The van der Waals surface area contributed by atoms with E-state index in [0.29, 0.717) is 0 Å². The van der Waals surface area contributed by atoms with Gasteiger partial charge in [-0.25, -0.2) is 0 Å². The molecule has 0 atom stereocenters. The molecule has 0 saturated heterocycles. The average molecular weight is 329 g/mol. The van der Waals surface area contributed by atoms with Gasteiger partial charge in [0.25, 0.3) is 0 Å². The molecule has 0 aliphatic carbocycles. The van der Waals surface area contributed by atoms with Crippen LogP contribution in [0.15, 0.2) is 53.4 Å². The van der Waals surface area contributed by atoms with Gasteiger partial charge in [-0.15, -0.1) is 11.8 Å². The first kappa shape index (κ1) is 17.1. The van der Waals surface area contributed by atoms with Crippen molar-refractivity contribution in [2.75, 3.05) is 0 Å². The highest BCUT2D eigenvalue weighted by Crippen LogP contribution is 2.38. The minimum atomic E-state index is -0.915. The highest BCUT2D eigenvalue weighted by atomic mass is 32.2. The molecule has 0 unspecified atom stereocenters. The summed E-state index contributed by atoms with van der Waals surface area (Å²) in [6.07, 6.45) is 0.211. The highest BCUT2D eigenvalue weighted by molar-refractivity contribution is 8.01. The largest absolute Gasteiger partial charge is 0.480 e. The Morgan fingerprint density at radius 1 is 1.09 bits per heavy atom. The van der Waals surface area contributed by atoms with Crippen LogP contribution >= 0.6 is 11.8 Å². The zero-order valence-electron chi connectivity index (χ0n) is 13.1. The molecule has 1 amide bonds. The van der Waals surface area contributed by atoms with Gasteiger partial charge in [-0.3, -0.25) is 9.59 Å². The third kappa shape index (κ3) is 4.36. The van der Waals surface area contributed by atoms with E-state index in [9.17, 15) is 14.7 Å². The van der Waals surface area contributed by atoms with E-state index in [1.54, 1.807) is 13.8 Å². The number of amides is 1. The maximum absolute atomic E-state index is 11.4. The second-order valence-electron chi connectivity index (χ2n) is 5.75. The van der Waals surface area contributed by atoms with Gasteiger partial charge in [0.05, 0.1) is 6.42 Å². The van der Waals surface area contributed by atoms with Crippen LogP contribution in [-0.2, 0) is 16.0 Å². The molecular formula is C18H19NO3S. The van der Waals surface area contributed by atoms with Crippen molar-refractivity contribution in [3.05, 3.63) is 54.1 Å². The van der Waals surface area contributed by atoms with Gasteiger partial charge in [0.15, 0.2) is 0 Å². The molecule has 2 rings (SSSR count). The van der Waals surface area contributed by atoms with Gasteiger partial charge < -0.3 is 10.8 Å². The lowest BCUT2D eigenvalue weighted by molar-refractivity contribution is -0.138. The van der Waals surface area contributed by atoms with Gasteiger partial charge in [-0.2, -0.15) is 0 Å². The Hall–Kier alpha value is -2.27. The Kier molecular flexibility index (Phi) is 5.11. The monoisotopic (exact) mass is 329 g/mol. The van der Waals surface area contributed by atoms with Gasteiger partial charge >= 0.3 is 5.97 Å². The number of carboxylic acids is 1. The summed E-state index contributed by atoms with van der Waals surface area (Å²) >= 11 is 1.32. The maximum atomic E-state index is 11.4. The molecule has 23 heavy (non-hydrogen) atoms. The average Bonchev–Trinajstić information content (AvgIpc) is 2.47. The van der Waals surface area contributed by atoms with Gasteiger partial charge in [0.2, 0.25) is 5.91 Å². The third-order valence-electron chi connectivity index (χ3n) is 3.41. The van der Waals surface area contributed by atoms with Gasteiger partial charge in [0.1, 0.15) is 4.75 Å². The predicted octanol–water partition coefficient (Wildman–Crippen LogP) is 3.34. The second kappa shape index (κ2) is 6.87. The van der Waals surface area contributed by atoms with Crippen molar-refractivity contribution < 1.29 is 14.7 Å². The van der Waals surface area contributed by atoms with Crippen LogP contribution in [-0.4, -0.2) is 21.7 Å². The molecule has 0 saturated carbocycles. The number of benzene rings is 2. The lowest BCUT2D eigenvalue weighted by atomic mass is 10.0. The Morgan fingerprint density at radius 3 is 2.26 bits per heavy atom. The molecule has 0 bridgehead atoms. The minimum Gasteiger partial charge on any atom is -0.480 e. The van der Waals surface area contributed by atoms with Crippen LogP contribution < -0.4 is 5.73 Å². The molecule has 0 spiro atoms. The quantitative estimate of drug-likeness (QED) is 0.797. The molecule has 0 aliphatic heterocycles. The normalized spacial score (nSPS) is 11.2. The number of carbonyl (C=O) groups is 2. The van der Waals surface area contributed by atoms with Crippen molar-refractivity contribution in [3.63, 3.8) is 0 Å². The molecule has 0 fully saturated rings. The molecule has 2 aromatic carbocycles. The number of primary amides is 1. The summed E-state index contributed by atoms with van der Waals surface area (Å²) in [5.74, 6) is -1.22. The van der Waals surface area contributed by atoms with Gasteiger partial charge in [0, 0.05) is 4.90 Å². The zero-order chi connectivity index (χ0) is 17.0. The fraction of sp³-hybridized carbons (Fsp3) is 0.222. The molecule has 3 N–H and O–H groups in total. The fourth-order valence-electron chi connectivity index (χ4n) is 2.12. The SMILES string of the molecule is CC(C)(Sc1ccccc1-c1ccc(CC(N)=O)cc1)C(=O)O. The van der Waals surface area contributed by atoms with Crippen LogP contribution in [0.2, 0.25) is 0 Å². The van der Waals surface area contributed by atoms with Crippen LogP contribution in [0.25, 0.3) is 11.1 Å². The maximum Gasteiger partial charge on any atom is 0.319 e. The summed E-state index contributed by atoms with van der Waals surface area (Å²) in [7, 11) is 0. The summed E-state index contributed by atoms with van der Waals surface area (Å²) < 4.78 is -0.915. The number of hydrogen-bond donors (Lipinski definition) is 2. The van der Waals surface area contributed by atoms with E-state index in [0.717, 1.165) is 21.6 Å². The first-order valence-corrected chi connectivity index (χ1v) is 8.00. The van der Waals surface area contributed by atoms with E-state index >= 15 is 0 Å². The van der Waals surface area contributed by atoms with Crippen LogP contribution in [0.1, 0.15) is 19.4 Å². The number of hydrogen-bond acceptors (Lipinski definition) is 3. The standard InChI is InChI=1S/C18H19NO3S/c1-18(2,17(21)22)23-15-6-4-3-5-14(15)13-9-7-12(8-10-13)11-16(19)20/h3-10H,11H2,1-2H3,(H2,19,20)(H,21,22). The number of rotatable bonds is 6. The number of aliphatic carboxylic acids is 1. The lowest BCUT2D eigenvalue weighted by Crippen LogP contribution is -2.26. The molecule has 120 valence electrons. The number of carboxylic acid groups (broad SMARTS) is 1. The molecular weight excluding hydrogens is 310 g/mol. The number of carbonyl (C=O) groups excluding carboxylic acids is 1. The molecule has 0 radical (unpaired) electrons. The van der Waals surface area contributed by atoms with E-state index in [1.807, 2.05) is 48.5 Å². The molecule has 0 aliphatic rings. The van der Waals surface area contributed by atoms with Crippen molar-refractivity contribution in [3.8, 4) is 11.1 Å². The van der Waals surface area contributed by atoms with Crippen LogP contribution in [0.3, 0.4) is 0 Å². The smallest absolute Gasteiger partial charge is 0.319 e. The van der Waals surface area contributed by atoms with Crippen LogP contribution in [0.4, 0.5) is 0 Å². The van der Waals surface area contributed by atoms with Crippen LogP contribution in [0.5, 0.6) is 0 Å². The Bertz CT molecular complexity index is 723. The minimum absolute atomic E-state index is 0.211. The topological polar surface area (TPSA) is 80.4 Å². The summed E-state index contributed by atoms with van der Waals surface area (Å²) in [6, 6.07) is 15.3. The summed E-state index contributed by atoms with van der Waals surface area (Å²) in [6.45, 7) is 3.37. The van der Waals surface area contributed by atoms with E-state index < -0.39 is 10.7 Å². The molecule has 0 heterocycles. The highest BCUT2D eigenvalue weighted by Gasteiger charge is 2.29. The van der Waals surface area contributed by atoms with Crippen molar-refractivity contribution in [1.29, 1.82) is 0 Å². The van der Waals surface area contributed by atoms with Crippen molar-refractivity contribution >= 4 is 23.6 Å². The van der Waals surface area contributed by atoms with Gasteiger partial charge in [-0.05, 0) is 36.6 Å². The van der Waals surface area contributed by atoms with E-state index in [-0.39, 0.29) is 12.3 Å². The van der Waals surface area contributed by atoms with E-state index in [1.165, 1.54) is 11.8 Å². The van der Waals surface area contributed by atoms with Crippen molar-refractivity contribution in [2.24, 2.45) is 5.73 Å². The molecule has 4 nitrogen and oxygen atoms in total. The van der Waals surface area contributed by atoms with Crippen molar-refractivity contribution in [1.82, 2.24) is 0 Å². The summed E-state index contributed by atoms with van der Waals surface area (Å²) in [5.41, 5.74) is 8.00. The Labute approximate surface area is 139 Å². The van der Waals surface area contributed by atoms with E-state index in [4.69, 9.17) is 5.73 Å². The van der Waals surface area contributed by atoms with Gasteiger partial charge in [-0.1, -0.05) is 42.5 Å². The first-order valence-electron chi connectivity index (χ1n) is 7.18. The van der Waals surface area contributed by atoms with E-state index in [2.05, 4.69) is 0 Å².